The van der Waals surface area contributed by atoms with Crippen LogP contribution in [0.4, 0.5) is 0 Å². The van der Waals surface area contributed by atoms with Gasteiger partial charge in [0.1, 0.15) is 5.82 Å². The summed E-state index contributed by atoms with van der Waals surface area (Å²) in [6.07, 6.45) is 1.71. The minimum atomic E-state index is 0.333. The van der Waals surface area contributed by atoms with Crippen LogP contribution in [0.25, 0.3) is 11.2 Å². The Labute approximate surface area is 75.8 Å². The Hall–Kier alpha value is -1.52. The van der Waals surface area contributed by atoms with Gasteiger partial charge in [-0.3, -0.25) is 0 Å². The maximum absolute atomic E-state index is 4.36. The van der Waals surface area contributed by atoms with Gasteiger partial charge < -0.3 is 0 Å². The highest BCUT2D eigenvalue weighted by molar-refractivity contribution is 5.67. The van der Waals surface area contributed by atoms with Gasteiger partial charge in [-0.25, -0.2) is 14.6 Å². The molecule has 2 heterocycles. The van der Waals surface area contributed by atoms with Crippen molar-refractivity contribution in [1.29, 1.82) is 0 Å². The topological polar surface area (TPSA) is 56.5 Å². The fourth-order valence-corrected chi connectivity index (χ4v) is 1.12. The zero-order chi connectivity index (χ0) is 9.42. The highest BCUT2D eigenvalue weighted by atomic mass is 15.4. The molecule has 2 aromatic heterocycles. The smallest absolute Gasteiger partial charge is 0.181 e. The third kappa shape index (κ3) is 1.26. The van der Waals surface area contributed by atoms with Gasteiger partial charge in [-0.1, -0.05) is 19.1 Å². The van der Waals surface area contributed by atoms with Crippen LogP contribution in [0.5, 0.6) is 0 Å². The van der Waals surface area contributed by atoms with Crippen molar-refractivity contribution in [3.8, 4) is 0 Å². The minimum absolute atomic E-state index is 0.333. The lowest BCUT2D eigenvalue weighted by Crippen LogP contribution is -1.99. The number of aryl methyl sites for hydroxylation is 1. The normalized spacial score (nSPS) is 11.4. The van der Waals surface area contributed by atoms with E-state index in [9.17, 15) is 0 Å². The average molecular weight is 177 g/mol. The molecule has 68 valence electrons. The third-order valence-corrected chi connectivity index (χ3v) is 1.88. The summed E-state index contributed by atoms with van der Waals surface area (Å²) in [5, 5.41) is 7.77. The van der Waals surface area contributed by atoms with Gasteiger partial charge in [0.05, 0.1) is 6.20 Å². The van der Waals surface area contributed by atoms with Crippen LogP contribution in [-0.2, 0) is 7.05 Å². The van der Waals surface area contributed by atoms with E-state index in [2.05, 4.69) is 34.1 Å². The number of nitrogens with zero attached hydrogens (tertiary/aromatic N) is 5. The molecule has 0 saturated heterocycles. The molecule has 0 aliphatic carbocycles. The van der Waals surface area contributed by atoms with Crippen LogP contribution >= 0.6 is 0 Å². The molecule has 0 aliphatic rings. The van der Waals surface area contributed by atoms with Crippen molar-refractivity contribution in [3.05, 3.63) is 12.0 Å². The lowest BCUT2D eigenvalue weighted by molar-refractivity contribution is 0.720. The van der Waals surface area contributed by atoms with Crippen LogP contribution in [0.2, 0.25) is 0 Å². The van der Waals surface area contributed by atoms with Crippen LogP contribution in [0.1, 0.15) is 25.6 Å². The molecule has 0 radical (unpaired) electrons. The van der Waals surface area contributed by atoms with Gasteiger partial charge in [0.15, 0.2) is 11.2 Å². The van der Waals surface area contributed by atoms with E-state index < -0.39 is 0 Å². The van der Waals surface area contributed by atoms with Crippen LogP contribution in [0, 0.1) is 0 Å². The predicted octanol–water partition coefficient (Wildman–Crippen LogP) is 0.882. The second kappa shape index (κ2) is 2.76. The molecule has 0 bridgehead atoms. The fraction of sp³-hybridized carbons (Fsp3) is 0.500. The molecule has 0 aromatic carbocycles. The maximum Gasteiger partial charge on any atom is 0.181 e. The molecule has 13 heavy (non-hydrogen) atoms. The molecule has 2 aromatic rings. The number of aromatic nitrogens is 5. The Kier molecular flexibility index (Phi) is 1.72. The van der Waals surface area contributed by atoms with E-state index in [1.54, 1.807) is 10.9 Å². The standard InChI is InChI=1S/C8H11N5/c1-5(2)7-9-4-6-8(10-7)13(3)12-11-6/h4-5H,1-3H3. The zero-order valence-corrected chi connectivity index (χ0v) is 7.89. The molecule has 0 N–H and O–H groups in total. The highest BCUT2D eigenvalue weighted by Gasteiger charge is 2.07. The summed E-state index contributed by atoms with van der Waals surface area (Å²) in [5.41, 5.74) is 1.53. The second-order valence-electron chi connectivity index (χ2n) is 3.30. The molecule has 2 rings (SSSR count). The molecule has 5 heteroatoms. The van der Waals surface area contributed by atoms with E-state index in [1.807, 2.05) is 7.05 Å². The van der Waals surface area contributed by atoms with E-state index in [4.69, 9.17) is 0 Å². The van der Waals surface area contributed by atoms with Crippen molar-refractivity contribution < 1.29 is 0 Å². The molecule has 0 saturated carbocycles. The highest BCUT2D eigenvalue weighted by Crippen LogP contribution is 2.11. The lowest BCUT2D eigenvalue weighted by Gasteiger charge is -2.01. The molecule has 0 amide bonds. The molecule has 0 spiro atoms. The second-order valence-corrected chi connectivity index (χ2v) is 3.30. The third-order valence-electron chi connectivity index (χ3n) is 1.88. The van der Waals surface area contributed by atoms with E-state index in [0.717, 1.165) is 17.0 Å². The molecule has 0 atom stereocenters. The van der Waals surface area contributed by atoms with E-state index >= 15 is 0 Å². The Morgan fingerprint density at radius 3 is 2.85 bits per heavy atom. The first kappa shape index (κ1) is 8.10. The maximum atomic E-state index is 4.36. The summed E-state index contributed by atoms with van der Waals surface area (Å²) in [6.45, 7) is 4.12. The van der Waals surface area contributed by atoms with E-state index in [1.165, 1.54) is 0 Å². The van der Waals surface area contributed by atoms with Crippen molar-refractivity contribution in [3.63, 3.8) is 0 Å². The van der Waals surface area contributed by atoms with Gasteiger partial charge in [-0.15, -0.1) is 5.10 Å². The number of rotatable bonds is 1. The minimum Gasteiger partial charge on any atom is -0.239 e. The first-order chi connectivity index (χ1) is 6.18. The fourth-order valence-electron chi connectivity index (χ4n) is 1.12. The summed E-state index contributed by atoms with van der Waals surface area (Å²) < 4.78 is 1.66. The summed E-state index contributed by atoms with van der Waals surface area (Å²) >= 11 is 0. The van der Waals surface area contributed by atoms with Crippen LogP contribution < -0.4 is 0 Å². The number of hydrogen-bond acceptors (Lipinski definition) is 4. The van der Waals surface area contributed by atoms with Crippen LogP contribution in [-0.4, -0.2) is 25.0 Å². The molecular weight excluding hydrogens is 166 g/mol. The van der Waals surface area contributed by atoms with Crippen molar-refractivity contribution in [2.75, 3.05) is 0 Å². The monoisotopic (exact) mass is 177 g/mol. The van der Waals surface area contributed by atoms with Crippen molar-refractivity contribution in [1.82, 2.24) is 25.0 Å². The van der Waals surface area contributed by atoms with Crippen molar-refractivity contribution >= 4 is 11.2 Å². The first-order valence-corrected chi connectivity index (χ1v) is 4.21. The Morgan fingerprint density at radius 1 is 1.38 bits per heavy atom. The number of hydrogen-bond donors (Lipinski definition) is 0. The van der Waals surface area contributed by atoms with Gasteiger partial charge in [-0.2, -0.15) is 0 Å². The summed E-state index contributed by atoms with van der Waals surface area (Å²) in [6, 6.07) is 0. The lowest BCUT2D eigenvalue weighted by atomic mass is 10.2. The Balaban J connectivity index is 2.66. The van der Waals surface area contributed by atoms with Crippen LogP contribution in [0.3, 0.4) is 0 Å². The van der Waals surface area contributed by atoms with Gasteiger partial charge >= 0.3 is 0 Å². The summed E-state index contributed by atoms with van der Waals surface area (Å²) in [7, 11) is 1.83. The Bertz CT molecular complexity index is 431. The van der Waals surface area contributed by atoms with Gasteiger partial charge in [-0.05, 0) is 0 Å². The molecular formula is C8H11N5. The molecule has 0 unspecified atom stereocenters. The predicted molar refractivity (Wildman–Crippen MR) is 48.2 cm³/mol. The molecule has 5 nitrogen and oxygen atoms in total. The largest absolute Gasteiger partial charge is 0.239 e. The van der Waals surface area contributed by atoms with Gasteiger partial charge in [0.2, 0.25) is 0 Å². The Morgan fingerprint density at radius 2 is 2.15 bits per heavy atom. The average Bonchev–Trinajstić information content (AvgIpc) is 2.47. The van der Waals surface area contributed by atoms with Crippen molar-refractivity contribution in [2.45, 2.75) is 19.8 Å². The van der Waals surface area contributed by atoms with Crippen molar-refractivity contribution in [2.24, 2.45) is 7.05 Å². The van der Waals surface area contributed by atoms with E-state index in [-0.39, 0.29) is 0 Å². The van der Waals surface area contributed by atoms with Gasteiger partial charge in [0.25, 0.3) is 0 Å². The SMILES string of the molecule is CC(C)c1ncc2nnn(C)c2n1. The van der Waals surface area contributed by atoms with E-state index in [0.29, 0.717) is 5.92 Å². The zero-order valence-electron chi connectivity index (χ0n) is 7.89. The van der Waals surface area contributed by atoms with Gasteiger partial charge in [0, 0.05) is 13.0 Å². The summed E-state index contributed by atoms with van der Waals surface area (Å²) in [5.74, 6) is 1.16. The first-order valence-electron chi connectivity index (χ1n) is 4.21. The molecule has 0 aliphatic heterocycles. The number of fused-ring (bicyclic) bond motifs is 1. The molecule has 0 fully saturated rings. The summed E-state index contributed by atoms with van der Waals surface area (Å²) in [4.78, 5) is 8.55. The quantitative estimate of drug-likeness (QED) is 0.648. The van der Waals surface area contributed by atoms with Crippen LogP contribution in [0.15, 0.2) is 6.20 Å².